The van der Waals surface area contributed by atoms with Gasteiger partial charge in [-0.25, -0.2) is 9.97 Å². The second kappa shape index (κ2) is 6.26. The van der Waals surface area contributed by atoms with Crippen LogP contribution in [0.3, 0.4) is 0 Å². The Hall–Kier alpha value is -2.02. The summed E-state index contributed by atoms with van der Waals surface area (Å²) in [5, 5.41) is 8.45. The molecule has 4 heterocycles. The molecule has 2 atom stereocenters. The average Bonchev–Trinajstić information content (AvgIpc) is 3.06. The second-order valence-corrected chi connectivity index (χ2v) is 9.44. The molecule has 2 saturated heterocycles. The van der Waals surface area contributed by atoms with Crippen molar-refractivity contribution in [3.8, 4) is 0 Å². The van der Waals surface area contributed by atoms with Crippen molar-refractivity contribution in [1.82, 2.24) is 25.1 Å². The summed E-state index contributed by atoms with van der Waals surface area (Å²) in [6.07, 6.45) is 4.11. The van der Waals surface area contributed by atoms with Crippen molar-refractivity contribution in [3.05, 3.63) is 29.9 Å². The smallest absolute Gasteiger partial charge is 0.230 e. The molecule has 2 unspecified atom stereocenters. The van der Waals surface area contributed by atoms with E-state index in [0.29, 0.717) is 17.8 Å². The van der Waals surface area contributed by atoms with Gasteiger partial charge >= 0.3 is 0 Å². The first-order chi connectivity index (χ1) is 13.0. The van der Waals surface area contributed by atoms with Crippen LogP contribution in [-0.2, 0) is 12.0 Å². The van der Waals surface area contributed by atoms with Gasteiger partial charge in [-0.1, -0.05) is 20.8 Å². The van der Waals surface area contributed by atoms with E-state index in [0.717, 1.165) is 56.0 Å². The van der Waals surface area contributed by atoms with Gasteiger partial charge in [0, 0.05) is 43.6 Å². The average molecular weight is 368 g/mol. The molecule has 2 aromatic rings. The van der Waals surface area contributed by atoms with Gasteiger partial charge in [-0.15, -0.1) is 10.2 Å². The largest absolute Gasteiger partial charge is 0.424 e. The van der Waals surface area contributed by atoms with Crippen LogP contribution < -0.4 is 4.90 Å². The SMILES string of the molecule is CC(C)(C)c1cc(N2CC3CN(Cc4nnc(C5CC5)o4)CC3C2)ncn1. The summed E-state index contributed by atoms with van der Waals surface area (Å²) >= 11 is 0. The maximum atomic E-state index is 5.84. The number of anilines is 1. The molecule has 1 aliphatic carbocycles. The molecular formula is C20H28N6O. The van der Waals surface area contributed by atoms with Crippen LogP contribution in [0.5, 0.6) is 0 Å². The molecule has 7 nitrogen and oxygen atoms in total. The van der Waals surface area contributed by atoms with Gasteiger partial charge in [-0.2, -0.15) is 0 Å². The Morgan fingerprint density at radius 3 is 2.44 bits per heavy atom. The Morgan fingerprint density at radius 2 is 1.78 bits per heavy atom. The highest BCUT2D eigenvalue weighted by Crippen LogP contribution is 2.39. The fraction of sp³-hybridized carbons (Fsp3) is 0.700. The molecule has 5 rings (SSSR count). The van der Waals surface area contributed by atoms with Crippen molar-refractivity contribution in [2.45, 2.75) is 51.5 Å². The monoisotopic (exact) mass is 368 g/mol. The molecule has 2 aromatic heterocycles. The van der Waals surface area contributed by atoms with Gasteiger partial charge in [0.05, 0.1) is 12.2 Å². The standard InChI is InChI=1S/C20H28N6O/c1-20(2,3)16-6-17(22-12-21-16)26-9-14-7-25(8-15(14)10-26)11-18-23-24-19(27-18)13-4-5-13/h6,12-15H,4-5,7-11H2,1-3H3. The van der Waals surface area contributed by atoms with E-state index in [1.54, 1.807) is 6.33 Å². The van der Waals surface area contributed by atoms with E-state index < -0.39 is 0 Å². The molecular weight excluding hydrogens is 340 g/mol. The highest BCUT2D eigenvalue weighted by Gasteiger charge is 2.41. The van der Waals surface area contributed by atoms with Crippen molar-refractivity contribution in [1.29, 1.82) is 0 Å². The summed E-state index contributed by atoms with van der Waals surface area (Å²) in [5.74, 6) is 4.59. The summed E-state index contributed by atoms with van der Waals surface area (Å²) in [6, 6.07) is 2.16. The van der Waals surface area contributed by atoms with Crippen molar-refractivity contribution < 1.29 is 4.42 Å². The zero-order valence-electron chi connectivity index (χ0n) is 16.4. The third-order valence-corrected chi connectivity index (χ3v) is 6.07. The van der Waals surface area contributed by atoms with Crippen molar-refractivity contribution in [2.75, 3.05) is 31.1 Å². The maximum Gasteiger partial charge on any atom is 0.230 e. The Balaban J connectivity index is 1.20. The molecule has 0 N–H and O–H groups in total. The van der Waals surface area contributed by atoms with Gasteiger partial charge in [-0.3, -0.25) is 4.90 Å². The van der Waals surface area contributed by atoms with Crippen LogP contribution in [0.1, 0.15) is 57.0 Å². The van der Waals surface area contributed by atoms with E-state index in [1.165, 1.54) is 12.8 Å². The summed E-state index contributed by atoms with van der Waals surface area (Å²) in [4.78, 5) is 13.9. The summed E-state index contributed by atoms with van der Waals surface area (Å²) in [7, 11) is 0. The third-order valence-electron chi connectivity index (χ3n) is 6.07. The first kappa shape index (κ1) is 17.1. The Labute approximate surface area is 160 Å². The van der Waals surface area contributed by atoms with Gasteiger partial charge in [-0.05, 0) is 24.7 Å². The molecule has 0 radical (unpaired) electrons. The van der Waals surface area contributed by atoms with E-state index in [4.69, 9.17) is 4.42 Å². The van der Waals surface area contributed by atoms with Crippen molar-refractivity contribution in [2.24, 2.45) is 11.8 Å². The van der Waals surface area contributed by atoms with Gasteiger partial charge in [0.15, 0.2) is 0 Å². The minimum Gasteiger partial charge on any atom is -0.424 e. The Kier molecular flexibility index (Phi) is 3.96. The first-order valence-corrected chi connectivity index (χ1v) is 10.1. The van der Waals surface area contributed by atoms with Crippen LogP contribution >= 0.6 is 0 Å². The van der Waals surface area contributed by atoms with Crippen LogP contribution in [-0.4, -0.2) is 51.2 Å². The lowest BCUT2D eigenvalue weighted by Crippen LogP contribution is -2.29. The van der Waals surface area contributed by atoms with E-state index in [9.17, 15) is 0 Å². The molecule has 7 heteroatoms. The predicted octanol–water partition coefficient (Wildman–Crippen LogP) is 2.60. The maximum absolute atomic E-state index is 5.84. The number of fused-ring (bicyclic) bond motifs is 1. The Bertz CT molecular complexity index is 810. The Morgan fingerprint density at radius 1 is 1.04 bits per heavy atom. The van der Waals surface area contributed by atoms with Gasteiger partial charge in [0.2, 0.25) is 11.8 Å². The number of aromatic nitrogens is 4. The van der Waals surface area contributed by atoms with Gasteiger partial charge in [0.1, 0.15) is 12.1 Å². The summed E-state index contributed by atoms with van der Waals surface area (Å²) < 4.78 is 5.84. The minimum atomic E-state index is 0.0491. The van der Waals surface area contributed by atoms with E-state index in [2.05, 4.69) is 56.8 Å². The fourth-order valence-corrected chi connectivity index (χ4v) is 4.35. The van der Waals surface area contributed by atoms with Crippen molar-refractivity contribution in [3.63, 3.8) is 0 Å². The lowest BCUT2D eigenvalue weighted by molar-refractivity contribution is 0.270. The highest BCUT2D eigenvalue weighted by molar-refractivity contribution is 5.42. The van der Waals surface area contributed by atoms with Crippen molar-refractivity contribution >= 4 is 5.82 Å². The van der Waals surface area contributed by atoms with E-state index >= 15 is 0 Å². The third kappa shape index (κ3) is 3.45. The quantitative estimate of drug-likeness (QED) is 0.821. The molecule has 3 aliphatic rings. The number of rotatable bonds is 4. The van der Waals surface area contributed by atoms with Crippen LogP contribution in [0, 0.1) is 11.8 Å². The van der Waals surface area contributed by atoms with Gasteiger partial charge < -0.3 is 9.32 Å². The molecule has 0 bridgehead atoms. The summed E-state index contributed by atoms with van der Waals surface area (Å²) in [5.41, 5.74) is 1.15. The van der Waals surface area contributed by atoms with Crippen LogP contribution in [0.15, 0.2) is 16.8 Å². The minimum absolute atomic E-state index is 0.0491. The lowest BCUT2D eigenvalue weighted by Gasteiger charge is -2.23. The van der Waals surface area contributed by atoms with E-state index in [1.807, 2.05) is 0 Å². The topological polar surface area (TPSA) is 71.2 Å². The molecule has 0 amide bonds. The molecule has 3 fully saturated rings. The van der Waals surface area contributed by atoms with Crippen LogP contribution in [0.4, 0.5) is 5.82 Å². The zero-order valence-corrected chi connectivity index (χ0v) is 16.4. The molecule has 0 spiro atoms. The number of likely N-dealkylation sites (tertiary alicyclic amines) is 1. The second-order valence-electron chi connectivity index (χ2n) is 9.44. The molecule has 1 saturated carbocycles. The lowest BCUT2D eigenvalue weighted by atomic mass is 9.92. The van der Waals surface area contributed by atoms with Crippen LogP contribution in [0.25, 0.3) is 0 Å². The first-order valence-electron chi connectivity index (χ1n) is 10.1. The molecule has 144 valence electrons. The number of nitrogens with zero attached hydrogens (tertiary/aromatic N) is 6. The predicted molar refractivity (Wildman–Crippen MR) is 101 cm³/mol. The normalized spacial score (nSPS) is 26.0. The number of hydrogen-bond acceptors (Lipinski definition) is 7. The fourth-order valence-electron chi connectivity index (χ4n) is 4.35. The van der Waals surface area contributed by atoms with Gasteiger partial charge in [0.25, 0.3) is 0 Å². The molecule has 27 heavy (non-hydrogen) atoms. The highest BCUT2D eigenvalue weighted by atomic mass is 16.4. The zero-order chi connectivity index (χ0) is 18.6. The van der Waals surface area contributed by atoms with Crippen LogP contribution in [0.2, 0.25) is 0 Å². The van der Waals surface area contributed by atoms with E-state index in [-0.39, 0.29) is 5.41 Å². The summed E-state index contributed by atoms with van der Waals surface area (Å²) in [6.45, 7) is 11.7. The molecule has 2 aliphatic heterocycles. The molecule has 0 aromatic carbocycles. The number of hydrogen-bond donors (Lipinski definition) is 0.